The highest BCUT2D eigenvalue weighted by atomic mass is 32.2. The molecule has 1 N–H and O–H groups in total. The predicted octanol–water partition coefficient (Wildman–Crippen LogP) is 3.16. The van der Waals surface area contributed by atoms with Crippen molar-refractivity contribution in [2.45, 2.75) is 30.4 Å². The summed E-state index contributed by atoms with van der Waals surface area (Å²) >= 11 is 1.75. The molecule has 4 heteroatoms. The molecule has 0 amide bonds. The summed E-state index contributed by atoms with van der Waals surface area (Å²) in [4.78, 5) is 4.37. The molecule has 1 unspecified atom stereocenters. The first-order valence-corrected chi connectivity index (χ1v) is 6.97. The Bertz CT molecular complexity index is 496. The summed E-state index contributed by atoms with van der Waals surface area (Å²) in [6, 6.07) is 10.5. The minimum Gasteiger partial charge on any atom is -0.390 e. The lowest BCUT2D eigenvalue weighted by Gasteiger charge is -2.14. The van der Waals surface area contributed by atoms with E-state index in [4.69, 9.17) is 0 Å². The number of hydrogen-bond acceptors (Lipinski definition) is 3. The van der Waals surface area contributed by atoms with Gasteiger partial charge in [-0.15, -0.1) is 0 Å². The number of aliphatic hydroxyl groups excluding tert-OH is 1. The molecule has 96 valence electrons. The fourth-order valence-electron chi connectivity index (χ4n) is 1.86. The number of aromatic nitrogens is 2. The number of hydrogen-bond donors (Lipinski definition) is 1. The molecule has 3 nitrogen and oxygen atoms in total. The molecule has 0 saturated carbocycles. The van der Waals surface area contributed by atoms with Crippen molar-refractivity contribution in [3.8, 4) is 0 Å². The number of aliphatic hydroxyl groups is 1. The minimum atomic E-state index is 0.0339. The lowest BCUT2D eigenvalue weighted by molar-refractivity contribution is 0.271. The largest absolute Gasteiger partial charge is 0.390 e. The Kier molecular flexibility index (Phi) is 4.44. The molecule has 0 fully saturated rings. The Balaban J connectivity index is 2.18. The summed E-state index contributed by atoms with van der Waals surface area (Å²) in [6.45, 7) is 2.22. The minimum absolute atomic E-state index is 0.0339. The van der Waals surface area contributed by atoms with Crippen LogP contribution in [-0.2, 0) is 13.7 Å². The first-order chi connectivity index (χ1) is 8.76. The van der Waals surface area contributed by atoms with Crippen molar-refractivity contribution in [3.63, 3.8) is 0 Å². The van der Waals surface area contributed by atoms with Crippen LogP contribution in [0.1, 0.15) is 29.9 Å². The third-order valence-corrected chi connectivity index (χ3v) is 4.47. The normalized spacial score (nSPS) is 12.6. The standard InChI is InChI=1S/C14H18N2OS/c1-3-13(11-7-5-4-6-8-11)18-14-15-9-12(10-17)16(14)2/h4-9,13,17H,3,10H2,1-2H3. The zero-order valence-electron chi connectivity index (χ0n) is 10.7. The van der Waals surface area contributed by atoms with Crippen LogP contribution >= 0.6 is 11.8 Å². The molecule has 18 heavy (non-hydrogen) atoms. The highest BCUT2D eigenvalue weighted by Crippen LogP contribution is 2.36. The van der Waals surface area contributed by atoms with Crippen LogP contribution in [0.5, 0.6) is 0 Å². The maximum atomic E-state index is 9.17. The Morgan fingerprint density at radius 2 is 2.06 bits per heavy atom. The average Bonchev–Trinajstić information content (AvgIpc) is 2.77. The fraction of sp³-hybridized carbons (Fsp3) is 0.357. The zero-order valence-corrected chi connectivity index (χ0v) is 11.5. The zero-order chi connectivity index (χ0) is 13.0. The van der Waals surface area contributed by atoms with Crippen LogP contribution in [0.4, 0.5) is 0 Å². The second kappa shape index (κ2) is 6.07. The molecule has 0 saturated heterocycles. The number of nitrogens with zero attached hydrogens (tertiary/aromatic N) is 2. The topological polar surface area (TPSA) is 38.1 Å². The van der Waals surface area contributed by atoms with Gasteiger partial charge in [0.25, 0.3) is 0 Å². The van der Waals surface area contributed by atoms with Crippen LogP contribution in [0.2, 0.25) is 0 Å². The van der Waals surface area contributed by atoms with Crippen molar-refractivity contribution in [2.75, 3.05) is 0 Å². The molecule has 0 bridgehead atoms. The van der Waals surface area contributed by atoms with E-state index in [9.17, 15) is 5.11 Å². The highest BCUT2D eigenvalue weighted by molar-refractivity contribution is 7.99. The molecule has 2 aromatic rings. The molecule has 0 aliphatic heterocycles. The van der Waals surface area contributed by atoms with Crippen LogP contribution in [0.15, 0.2) is 41.7 Å². The Morgan fingerprint density at radius 1 is 1.33 bits per heavy atom. The van der Waals surface area contributed by atoms with Crippen LogP contribution < -0.4 is 0 Å². The van der Waals surface area contributed by atoms with E-state index >= 15 is 0 Å². The van der Waals surface area contributed by atoms with Gasteiger partial charge in [0.05, 0.1) is 18.5 Å². The van der Waals surface area contributed by atoms with Crippen molar-refractivity contribution in [2.24, 2.45) is 7.05 Å². The number of rotatable bonds is 5. The quantitative estimate of drug-likeness (QED) is 0.841. The average molecular weight is 262 g/mol. The predicted molar refractivity (Wildman–Crippen MR) is 74.5 cm³/mol. The van der Waals surface area contributed by atoms with Gasteiger partial charge in [-0.2, -0.15) is 0 Å². The van der Waals surface area contributed by atoms with Gasteiger partial charge in [0.2, 0.25) is 0 Å². The van der Waals surface area contributed by atoms with Crippen molar-refractivity contribution < 1.29 is 5.11 Å². The van der Waals surface area contributed by atoms with Crippen molar-refractivity contribution in [3.05, 3.63) is 47.8 Å². The summed E-state index contributed by atoms with van der Waals surface area (Å²) in [6.07, 6.45) is 2.79. The fourth-order valence-corrected chi connectivity index (χ4v) is 2.97. The molecular formula is C14H18N2OS. The Hall–Kier alpha value is -1.26. The first-order valence-electron chi connectivity index (χ1n) is 6.09. The van der Waals surface area contributed by atoms with Gasteiger partial charge < -0.3 is 9.67 Å². The van der Waals surface area contributed by atoms with Crippen LogP contribution in [0.25, 0.3) is 0 Å². The van der Waals surface area contributed by atoms with E-state index in [1.165, 1.54) is 5.56 Å². The maximum Gasteiger partial charge on any atom is 0.168 e. The molecule has 0 aliphatic carbocycles. The maximum absolute atomic E-state index is 9.17. The monoisotopic (exact) mass is 262 g/mol. The summed E-state index contributed by atoms with van der Waals surface area (Å²) in [5.74, 6) is 0. The van der Waals surface area contributed by atoms with Crippen molar-refractivity contribution in [1.29, 1.82) is 0 Å². The van der Waals surface area contributed by atoms with Crippen molar-refractivity contribution in [1.82, 2.24) is 9.55 Å². The lowest BCUT2D eigenvalue weighted by atomic mass is 10.1. The lowest BCUT2D eigenvalue weighted by Crippen LogP contribution is -2.00. The molecule has 1 heterocycles. The Labute approximate surface area is 112 Å². The molecule has 1 atom stereocenters. The van der Waals surface area contributed by atoms with E-state index in [1.807, 2.05) is 17.7 Å². The summed E-state index contributed by atoms with van der Waals surface area (Å²) in [5.41, 5.74) is 2.17. The van der Waals surface area contributed by atoms with Gasteiger partial charge in [-0.05, 0) is 12.0 Å². The van der Waals surface area contributed by atoms with Crippen molar-refractivity contribution >= 4 is 11.8 Å². The van der Waals surface area contributed by atoms with E-state index in [2.05, 4.69) is 36.2 Å². The molecular weight excluding hydrogens is 244 g/mol. The molecule has 2 rings (SSSR count). The number of imidazole rings is 1. The molecule has 1 aromatic carbocycles. The van der Waals surface area contributed by atoms with E-state index in [-0.39, 0.29) is 6.61 Å². The van der Waals surface area contributed by atoms with E-state index in [0.717, 1.165) is 17.3 Å². The SMILES string of the molecule is CCC(Sc1ncc(CO)n1C)c1ccccc1. The third-order valence-electron chi connectivity index (χ3n) is 2.99. The van der Waals surface area contributed by atoms with Crippen LogP contribution in [0, 0.1) is 0 Å². The number of benzene rings is 1. The van der Waals surface area contributed by atoms with E-state index in [0.29, 0.717) is 5.25 Å². The summed E-state index contributed by atoms with van der Waals surface area (Å²) < 4.78 is 1.95. The summed E-state index contributed by atoms with van der Waals surface area (Å²) in [5, 5.41) is 10.5. The van der Waals surface area contributed by atoms with Gasteiger partial charge in [-0.25, -0.2) is 4.98 Å². The van der Waals surface area contributed by atoms with Crippen LogP contribution in [0.3, 0.4) is 0 Å². The van der Waals surface area contributed by atoms with E-state index < -0.39 is 0 Å². The molecule has 0 radical (unpaired) electrons. The molecule has 0 spiro atoms. The van der Waals surface area contributed by atoms with Gasteiger partial charge in [0.15, 0.2) is 5.16 Å². The third kappa shape index (κ3) is 2.76. The van der Waals surface area contributed by atoms with Gasteiger partial charge in [0, 0.05) is 12.3 Å². The van der Waals surface area contributed by atoms with Gasteiger partial charge in [-0.1, -0.05) is 49.0 Å². The number of thioether (sulfide) groups is 1. The molecule has 1 aromatic heterocycles. The van der Waals surface area contributed by atoms with Gasteiger partial charge >= 0.3 is 0 Å². The Morgan fingerprint density at radius 3 is 2.61 bits per heavy atom. The summed E-state index contributed by atoms with van der Waals surface area (Å²) in [7, 11) is 1.94. The highest BCUT2D eigenvalue weighted by Gasteiger charge is 2.14. The second-order valence-corrected chi connectivity index (χ2v) is 5.34. The van der Waals surface area contributed by atoms with Gasteiger partial charge in [-0.3, -0.25) is 0 Å². The second-order valence-electron chi connectivity index (χ2n) is 4.17. The first kappa shape index (κ1) is 13.2. The smallest absolute Gasteiger partial charge is 0.168 e. The van der Waals surface area contributed by atoms with Gasteiger partial charge in [0.1, 0.15) is 0 Å². The molecule has 0 aliphatic rings. The van der Waals surface area contributed by atoms with Crippen LogP contribution in [-0.4, -0.2) is 14.7 Å². The van der Waals surface area contributed by atoms with E-state index in [1.54, 1.807) is 18.0 Å².